The molecule has 1 aromatic heterocycles. The van der Waals surface area contributed by atoms with Gasteiger partial charge in [-0.3, -0.25) is 5.43 Å². The zero-order valence-corrected chi connectivity index (χ0v) is 12.6. The van der Waals surface area contributed by atoms with Crippen molar-refractivity contribution < 1.29 is 0 Å². The van der Waals surface area contributed by atoms with Crippen molar-refractivity contribution in [2.45, 2.75) is 20.8 Å². The molecule has 0 aliphatic rings. The molecule has 0 unspecified atom stereocenters. The molecule has 0 saturated carbocycles. The summed E-state index contributed by atoms with van der Waals surface area (Å²) >= 11 is 6.80. The van der Waals surface area contributed by atoms with Crippen LogP contribution in [-0.2, 0) is 0 Å². The summed E-state index contributed by atoms with van der Waals surface area (Å²) in [5, 5.41) is 9.89. The van der Waals surface area contributed by atoms with E-state index in [0.717, 1.165) is 12.3 Å². The van der Waals surface area contributed by atoms with Crippen molar-refractivity contribution in [1.82, 2.24) is 10.7 Å². The van der Waals surface area contributed by atoms with Crippen LogP contribution in [0, 0.1) is 5.92 Å². The summed E-state index contributed by atoms with van der Waals surface area (Å²) < 4.78 is 0. The minimum atomic E-state index is 0.563. The summed E-state index contributed by atoms with van der Waals surface area (Å²) in [6.07, 6.45) is 4.00. The Kier molecular flexibility index (Phi) is 6.60. The number of rotatable bonds is 5. The number of hydrogen-bond donors (Lipinski definition) is 2. The van der Waals surface area contributed by atoms with Crippen molar-refractivity contribution in [3.63, 3.8) is 0 Å². The van der Waals surface area contributed by atoms with Crippen LogP contribution < -0.4 is 10.7 Å². The van der Waals surface area contributed by atoms with Gasteiger partial charge in [-0.15, -0.1) is 11.3 Å². The number of allylic oxidation sites excluding steroid dienone is 1. The van der Waals surface area contributed by atoms with Gasteiger partial charge in [-0.1, -0.05) is 19.9 Å². The Balaban J connectivity index is 2.35. The van der Waals surface area contributed by atoms with E-state index in [4.69, 9.17) is 12.2 Å². The maximum absolute atomic E-state index is 5.10. The first-order valence-corrected chi connectivity index (χ1v) is 7.16. The normalized spacial score (nSPS) is 12.1. The Morgan fingerprint density at radius 2 is 2.33 bits per heavy atom. The summed E-state index contributed by atoms with van der Waals surface area (Å²) in [5.74, 6) is 0.563. The van der Waals surface area contributed by atoms with Crippen LogP contribution in [0.25, 0.3) is 6.08 Å². The lowest BCUT2D eigenvalue weighted by atomic mass is 10.2. The Morgan fingerprint density at radius 1 is 1.56 bits per heavy atom. The van der Waals surface area contributed by atoms with E-state index in [0.29, 0.717) is 11.0 Å². The van der Waals surface area contributed by atoms with Crippen molar-refractivity contribution in [3.8, 4) is 0 Å². The zero-order valence-electron chi connectivity index (χ0n) is 10.9. The maximum Gasteiger partial charge on any atom is 0.186 e. The highest BCUT2D eigenvalue weighted by atomic mass is 32.1. The van der Waals surface area contributed by atoms with Crippen LogP contribution in [0.4, 0.5) is 0 Å². The van der Waals surface area contributed by atoms with E-state index in [9.17, 15) is 0 Å². The van der Waals surface area contributed by atoms with E-state index < -0.39 is 0 Å². The smallest absolute Gasteiger partial charge is 0.186 e. The number of thiocarbonyl (C=S) groups is 1. The molecule has 98 valence electrons. The molecule has 0 fully saturated rings. The fourth-order valence-electron chi connectivity index (χ4n) is 1.10. The summed E-state index contributed by atoms with van der Waals surface area (Å²) in [4.78, 5) is 1.21. The van der Waals surface area contributed by atoms with Crippen LogP contribution in [0.5, 0.6) is 0 Å². The summed E-state index contributed by atoms with van der Waals surface area (Å²) in [5.41, 5.74) is 3.71. The number of nitrogens with one attached hydrogen (secondary N) is 2. The molecule has 3 nitrogen and oxygen atoms in total. The second kappa shape index (κ2) is 8.00. The van der Waals surface area contributed by atoms with Gasteiger partial charge in [0.1, 0.15) is 0 Å². The van der Waals surface area contributed by atoms with Gasteiger partial charge in [0.2, 0.25) is 0 Å². The monoisotopic (exact) mass is 281 g/mol. The van der Waals surface area contributed by atoms with Crippen LogP contribution in [0.1, 0.15) is 25.6 Å². The molecule has 0 radical (unpaired) electrons. The van der Waals surface area contributed by atoms with Gasteiger partial charge in [-0.25, -0.2) is 0 Å². The molecule has 0 spiro atoms. The molecule has 0 amide bonds. The second-order valence-electron chi connectivity index (χ2n) is 4.32. The predicted octanol–water partition coefficient (Wildman–Crippen LogP) is 3.26. The van der Waals surface area contributed by atoms with Gasteiger partial charge in [-0.05, 0) is 48.7 Å². The van der Waals surface area contributed by atoms with E-state index in [1.54, 1.807) is 11.3 Å². The van der Waals surface area contributed by atoms with Crippen molar-refractivity contribution >= 4 is 40.5 Å². The lowest BCUT2D eigenvalue weighted by molar-refractivity contribution is 0.621. The molecule has 5 heteroatoms. The summed E-state index contributed by atoms with van der Waals surface area (Å²) in [6, 6.07) is 4.09. The maximum atomic E-state index is 5.10. The first-order chi connectivity index (χ1) is 8.58. The molecule has 0 aliphatic heterocycles. The Hall–Kier alpha value is -1.20. The second-order valence-corrected chi connectivity index (χ2v) is 5.71. The minimum Gasteiger partial charge on any atom is -0.361 e. The SMILES string of the molecule is CC(/C=C\c1cccs1)=N/NC(=S)NCC(C)C. The largest absolute Gasteiger partial charge is 0.361 e. The topological polar surface area (TPSA) is 36.4 Å². The van der Waals surface area contributed by atoms with E-state index in [-0.39, 0.29) is 0 Å². The highest BCUT2D eigenvalue weighted by molar-refractivity contribution is 7.80. The first kappa shape index (κ1) is 14.9. The molecule has 0 aliphatic carbocycles. The average molecular weight is 281 g/mol. The molecule has 0 atom stereocenters. The van der Waals surface area contributed by atoms with Crippen molar-refractivity contribution in [2.24, 2.45) is 11.0 Å². The lowest BCUT2D eigenvalue weighted by Gasteiger charge is -2.09. The van der Waals surface area contributed by atoms with E-state index >= 15 is 0 Å². The fraction of sp³-hybridized carbons (Fsp3) is 0.385. The summed E-state index contributed by atoms with van der Waals surface area (Å²) in [6.45, 7) is 7.05. The number of hydrogen-bond acceptors (Lipinski definition) is 3. The number of hydrazone groups is 1. The third kappa shape index (κ3) is 6.51. The van der Waals surface area contributed by atoms with Gasteiger partial charge in [0.15, 0.2) is 5.11 Å². The Morgan fingerprint density at radius 3 is 2.94 bits per heavy atom. The molecular formula is C13H19N3S2. The standard InChI is InChI=1S/C13H19N3S2/c1-10(2)9-14-13(17)16-15-11(3)6-7-12-5-4-8-18-12/h4-8,10H,9H2,1-3H3,(H2,14,16,17)/b7-6-,15-11-. The average Bonchev–Trinajstić information content (AvgIpc) is 2.84. The van der Waals surface area contributed by atoms with Gasteiger partial charge < -0.3 is 5.32 Å². The van der Waals surface area contributed by atoms with Crippen LogP contribution in [0.15, 0.2) is 28.7 Å². The van der Waals surface area contributed by atoms with Gasteiger partial charge >= 0.3 is 0 Å². The van der Waals surface area contributed by atoms with Crippen molar-refractivity contribution in [3.05, 3.63) is 28.5 Å². The van der Waals surface area contributed by atoms with E-state index in [1.807, 2.05) is 25.1 Å². The molecule has 1 aromatic rings. The van der Waals surface area contributed by atoms with Gasteiger partial charge in [-0.2, -0.15) is 5.10 Å². The third-order valence-electron chi connectivity index (χ3n) is 2.04. The molecule has 0 bridgehead atoms. The van der Waals surface area contributed by atoms with Crippen LogP contribution in [-0.4, -0.2) is 17.4 Å². The van der Waals surface area contributed by atoms with Gasteiger partial charge in [0.25, 0.3) is 0 Å². The zero-order chi connectivity index (χ0) is 13.4. The lowest BCUT2D eigenvalue weighted by Crippen LogP contribution is -2.34. The van der Waals surface area contributed by atoms with Gasteiger partial charge in [0.05, 0.1) is 5.71 Å². The van der Waals surface area contributed by atoms with Crippen LogP contribution >= 0.6 is 23.6 Å². The molecule has 18 heavy (non-hydrogen) atoms. The highest BCUT2D eigenvalue weighted by Gasteiger charge is 1.95. The minimum absolute atomic E-state index is 0.563. The molecule has 0 aromatic carbocycles. The Bertz CT molecular complexity index is 419. The van der Waals surface area contributed by atoms with Crippen molar-refractivity contribution in [2.75, 3.05) is 6.54 Å². The van der Waals surface area contributed by atoms with Crippen LogP contribution in [0.2, 0.25) is 0 Å². The fourth-order valence-corrected chi connectivity index (χ4v) is 1.85. The number of nitrogens with zero attached hydrogens (tertiary/aromatic N) is 1. The number of thiophene rings is 1. The van der Waals surface area contributed by atoms with E-state index in [2.05, 4.69) is 41.1 Å². The third-order valence-corrected chi connectivity index (χ3v) is 3.11. The quantitative estimate of drug-likeness (QED) is 0.494. The molecule has 0 saturated heterocycles. The van der Waals surface area contributed by atoms with Gasteiger partial charge in [0, 0.05) is 11.4 Å². The highest BCUT2D eigenvalue weighted by Crippen LogP contribution is 2.09. The first-order valence-electron chi connectivity index (χ1n) is 5.87. The molecular weight excluding hydrogens is 262 g/mol. The molecule has 2 N–H and O–H groups in total. The Labute approximate surface area is 118 Å². The summed E-state index contributed by atoms with van der Waals surface area (Å²) in [7, 11) is 0. The molecule has 1 rings (SSSR count). The predicted molar refractivity (Wildman–Crippen MR) is 85.0 cm³/mol. The van der Waals surface area contributed by atoms with Crippen LogP contribution in [0.3, 0.4) is 0 Å². The molecule has 1 heterocycles. The van der Waals surface area contributed by atoms with Crippen molar-refractivity contribution in [1.29, 1.82) is 0 Å². The van der Waals surface area contributed by atoms with E-state index in [1.165, 1.54) is 4.88 Å².